The molecule has 114 valence electrons. The second-order valence-electron chi connectivity index (χ2n) is 5.38. The zero-order chi connectivity index (χ0) is 15.6. The third kappa shape index (κ3) is 3.19. The molecule has 0 aliphatic carbocycles. The Hall–Kier alpha value is -1.20. The van der Waals surface area contributed by atoms with E-state index in [-0.39, 0.29) is 17.9 Å². The van der Waals surface area contributed by atoms with E-state index in [4.69, 9.17) is 0 Å². The molecule has 0 saturated heterocycles. The smallest absolute Gasteiger partial charge is 0.131 e. The summed E-state index contributed by atoms with van der Waals surface area (Å²) < 4.78 is 17.4. The number of rotatable bonds is 5. The van der Waals surface area contributed by atoms with Crippen molar-refractivity contribution in [2.24, 2.45) is 0 Å². The van der Waals surface area contributed by atoms with Crippen molar-refractivity contribution in [3.8, 4) is 0 Å². The van der Waals surface area contributed by atoms with Crippen LogP contribution < -0.4 is 5.32 Å². The largest absolute Gasteiger partial charge is 0.305 e. The van der Waals surface area contributed by atoms with E-state index in [0.29, 0.717) is 11.1 Å². The lowest BCUT2D eigenvalue weighted by Crippen LogP contribution is -2.27. The highest BCUT2D eigenvalue weighted by atomic mass is 79.9. The van der Waals surface area contributed by atoms with Crippen LogP contribution in [0.2, 0.25) is 0 Å². The molecule has 1 N–H and O–H groups in total. The van der Waals surface area contributed by atoms with Crippen LogP contribution in [0.4, 0.5) is 4.39 Å². The van der Waals surface area contributed by atoms with Crippen LogP contribution in [0.15, 0.2) is 28.9 Å². The van der Waals surface area contributed by atoms with Crippen molar-refractivity contribution in [2.45, 2.75) is 39.8 Å². The molecule has 2 aromatic rings. The van der Waals surface area contributed by atoms with Crippen molar-refractivity contribution in [3.05, 3.63) is 51.5 Å². The standard InChI is InChI=1S/C16H21BrFN3/c1-5-19-15(12-8-6-7-11(4)14(12)18)16-13(17)9-20-21(16)10(2)3/h6-10,15,19H,5H2,1-4H3. The van der Waals surface area contributed by atoms with Gasteiger partial charge >= 0.3 is 0 Å². The summed E-state index contributed by atoms with van der Waals surface area (Å²) in [6.45, 7) is 8.69. The number of aryl methyl sites for hydroxylation is 1. The van der Waals surface area contributed by atoms with Gasteiger partial charge in [-0.3, -0.25) is 4.68 Å². The van der Waals surface area contributed by atoms with Gasteiger partial charge in [0.1, 0.15) is 5.82 Å². The van der Waals surface area contributed by atoms with Crippen LogP contribution in [-0.2, 0) is 0 Å². The minimum atomic E-state index is -0.228. The Morgan fingerprint density at radius 2 is 2.10 bits per heavy atom. The highest BCUT2D eigenvalue weighted by molar-refractivity contribution is 9.10. The van der Waals surface area contributed by atoms with E-state index in [2.05, 4.69) is 40.2 Å². The molecule has 0 bridgehead atoms. The molecule has 2 rings (SSSR count). The molecule has 1 aromatic heterocycles. The van der Waals surface area contributed by atoms with Crippen LogP contribution in [-0.4, -0.2) is 16.3 Å². The fraction of sp³-hybridized carbons (Fsp3) is 0.438. The predicted molar refractivity (Wildman–Crippen MR) is 87.0 cm³/mol. The van der Waals surface area contributed by atoms with Crippen LogP contribution >= 0.6 is 15.9 Å². The molecule has 0 saturated carbocycles. The third-order valence-corrected chi connectivity index (χ3v) is 4.10. The first-order valence-electron chi connectivity index (χ1n) is 7.18. The maximum atomic E-state index is 14.5. The molecule has 0 radical (unpaired) electrons. The summed E-state index contributed by atoms with van der Waals surface area (Å²) in [4.78, 5) is 0. The lowest BCUT2D eigenvalue weighted by atomic mass is 10.00. The summed E-state index contributed by atoms with van der Waals surface area (Å²) in [5.74, 6) is -0.160. The Labute approximate surface area is 133 Å². The van der Waals surface area contributed by atoms with Gasteiger partial charge in [0.05, 0.1) is 22.4 Å². The zero-order valence-electron chi connectivity index (χ0n) is 12.8. The van der Waals surface area contributed by atoms with Gasteiger partial charge in [0.15, 0.2) is 0 Å². The number of benzene rings is 1. The number of aromatic nitrogens is 2. The van der Waals surface area contributed by atoms with E-state index in [1.54, 1.807) is 19.2 Å². The van der Waals surface area contributed by atoms with E-state index < -0.39 is 0 Å². The Kier molecular flexibility index (Phi) is 5.17. The van der Waals surface area contributed by atoms with Crippen LogP contribution in [0.25, 0.3) is 0 Å². The fourth-order valence-electron chi connectivity index (χ4n) is 2.48. The van der Waals surface area contributed by atoms with Crippen LogP contribution in [0, 0.1) is 12.7 Å². The zero-order valence-corrected chi connectivity index (χ0v) is 14.4. The average Bonchev–Trinajstić information content (AvgIpc) is 2.82. The van der Waals surface area contributed by atoms with E-state index in [1.165, 1.54) is 0 Å². The molecule has 1 atom stereocenters. The van der Waals surface area contributed by atoms with Gasteiger partial charge in [0, 0.05) is 11.6 Å². The summed E-state index contributed by atoms with van der Waals surface area (Å²) in [7, 11) is 0. The van der Waals surface area contributed by atoms with Crippen molar-refractivity contribution in [1.29, 1.82) is 0 Å². The highest BCUT2D eigenvalue weighted by Crippen LogP contribution is 2.32. The van der Waals surface area contributed by atoms with Gasteiger partial charge < -0.3 is 5.32 Å². The molecule has 1 unspecified atom stereocenters. The van der Waals surface area contributed by atoms with Gasteiger partial charge in [-0.15, -0.1) is 0 Å². The topological polar surface area (TPSA) is 29.9 Å². The quantitative estimate of drug-likeness (QED) is 0.864. The summed E-state index contributed by atoms with van der Waals surface area (Å²) in [5, 5.41) is 7.78. The first kappa shape index (κ1) is 16.2. The minimum Gasteiger partial charge on any atom is -0.305 e. The summed E-state index contributed by atoms with van der Waals surface area (Å²) >= 11 is 3.55. The van der Waals surface area contributed by atoms with Crippen LogP contribution in [0.1, 0.15) is 49.7 Å². The van der Waals surface area contributed by atoms with Gasteiger partial charge in [-0.2, -0.15) is 5.10 Å². The number of halogens is 2. The monoisotopic (exact) mass is 353 g/mol. The number of nitrogens with zero attached hydrogens (tertiary/aromatic N) is 2. The van der Waals surface area contributed by atoms with Crippen LogP contribution in [0.3, 0.4) is 0 Å². The molecule has 5 heteroatoms. The maximum absolute atomic E-state index is 14.5. The highest BCUT2D eigenvalue weighted by Gasteiger charge is 2.25. The normalized spacial score (nSPS) is 12.9. The third-order valence-electron chi connectivity index (χ3n) is 3.49. The van der Waals surface area contributed by atoms with Gasteiger partial charge in [-0.1, -0.05) is 25.1 Å². The lowest BCUT2D eigenvalue weighted by molar-refractivity contribution is 0.465. The van der Waals surface area contributed by atoms with E-state index in [9.17, 15) is 4.39 Å². The van der Waals surface area contributed by atoms with Gasteiger partial charge in [-0.25, -0.2) is 4.39 Å². The lowest BCUT2D eigenvalue weighted by Gasteiger charge is -2.23. The first-order valence-corrected chi connectivity index (χ1v) is 7.98. The fourth-order valence-corrected chi connectivity index (χ4v) is 2.99. The molecular formula is C16H21BrFN3. The molecule has 1 aromatic carbocycles. The van der Waals surface area contributed by atoms with E-state index in [0.717, 1.165) is 16.7 Å². The van der Waals surface area contributed by atoms with Crippen molar-refractivity contribution in [3.63, 3.8) is 0 Å². The van der Waals surface area contributed by atoms with Gasteiger partial charge in [0.25, 0.3) is 0 Å². The van der Waals surface area contributed by atoms with Gasteiger partial charge in [0.2, 0.25) is 0 Å². The van der Waals surface area contributed by atoms with Gasteiger partial charge in [-0.05, 0) is 48.8 Å². The molecule has 0 spiro atoms. The first-order chi connectivity index (χ1) is 9.97. The molecule has 1 heterocycles. The minimum absolute atomic E-state index is 0.160. The van der Waals surface area contributed by atoms with E-state index >= 15 is 0 Å². The molecule has 0 aliphatic heterocycles. The Morgan fingerprint density at radius 1 is 1.38 bits per heavy atom. The number of nitrogens with one attached hydrogen (secondary N) is 1. The molecular weight excluding hydrogens is 333 g/mol. The summed E-state index contributed by atoms with van der Waals surface area (Å²) in [6.07, 6.45) is 1.77. The second-order valence-corrected chi connectivity index (χ2v) is 6.24. The SMILES string of the molecule is CCNC(c1cccc(C)c1F)c1c(Br)cnn1C(C)C. The average molecular weight is 354 g/mol. The van der Waals surface area contributed by atoms with Crippen molar-refractivity contribution in [2.75, 3.05) is 6.54 Å². The van der Waals surface area contributed by atoms with Crippen LogP contribution in [0.5, 0.6) is 0 Å². The summed E-state index contributed by atoms with van der Waals surface area (Å²) in [6, 6.07) is 5.49. The summed E-state index contributed by atoms with van der Waals surface area (Å²) in [5.41, 5.74) is 2.26. The second kappa shape index (κ2) is 6.71. The molecule has 3 nitrogen and oxygen atoms in total. The maximum Gasteiger partial charge on any atom is 0.131 e. The molecule has 21 heavy (non-hydrogen) atoms. The molecule has 0 amide bonds. The molecule has 0 aliphatic rings. The Bertz CT molecular complexity index is 622. The number of hydrogen-bond donors (Lipinski definition) is 1. The Morgan fingerprint density at radius 3 is 2.71 bits per heavy atom. The van der Waals surface area contributed by atoms with E-state index in [1.807, 2.05) is 23.7 Å². The van der Waals surface area contributed by atoms with Crippen molar-refractivity contribution >= 4 is 15.9 Å². The number of hydrogen-bond acceptors (Lipinski definition) is 2. The van der Waals surface area contributed by atoms with Crippen molar-refractivity contribution < 1.29 is 4.39 Å². The predicted octanol–water partition coefficient (Wildman–Crippen LogP) is 4.37. The molecule has 0 fully saturated rings. The Balaban J connectivity index is 2.59. The van der Waals surface area contributed by atoms with Crippen molar-refractivity contribution in [1.82, 2.24) is 15.1 Å².